The molecule has 0 aliphatic carbocycles. The molecular formula is C10H22O5Si2. The van der Waals surface area contributed by atoms with Crippen molar-refractivity contribution < 1.29 is 23.1 Å². The van der Waals surface area contributed by atoms with Crippen LogP contribution >= 0.6 is 0 Å². The molecule has 17 heavy (non-hydrogen) atoms. The number of rotatable bonds is 6. The van der Waals surface area contributed by atoms with Gasteiger partial charge < -0.3 is 18.3 Å². The van der Waals surface area contributed by atoms with E-state index in [0.29, 0.717) is 12.8 Å². The Morgan fingerprint density at radius 1 is 1.29 bits per heavy atom. The quantitative estimate of drug-likeness (QED) is 0.550. The van der Waals surface area contributed by atoms with Gasteiger partial charge in [-0.2, -0.15) is 0 Å². The van der Waals surface area contributed by atoms with E-state index in [2.05, 4.69) is 37.5 Å². The molecule has 1 saturated heterocycles. The van der Waals surface area contributed by atoms with Crippen LogP contribution < -0.4 is 0 Å². The lowest BCUT2D eigenvalue weighted by Gasteiger charge is -2.31. The van der Waals surface area contributed by atoms with E-state index in [9.17, 15) is 4.79 Å². The van der Waals surface area contributed by atoms with Gasteiger partial charge in [0.05, 0.1) is 12.8 Å². The molecule has 0 saturated carbocycles. The third-order valence-corrected chi connectivity index (χ3v) is 7.55. The molecule has 1 aliphatic rings. The van der Waals surface area contributed by atoms with Gasteiger partial charge in [-0.15, -0.1) is 0 Å². The molecule has 0 N–H and O–H groups in total. The zero-order chi connectivity index (χ0) is 13.1. The summed E-state index contributed by atoms with van der Waals surface area (Å²) in [4.78, 5) is 10.7. The molecule has 1 heterocycles. The predicted molar refractivity (Wildman–Crippen MR) is 69.0 cm³/mol. The van der Waals surface area contributed by atoms with Crippen LogP contribution in [0.2, 0.25) is 32.7 Å². The van der Waals surface area contributed by atoms with Gasteiger partial charge in [-0.3, -0.25) is 0 Å². The minimum Gasteiger partial charge on any atom is -0.454 e. The van der Waals surface area contributed by atoms with Crippen molar-refractivity contribution in [1.29, 1.82) is 0 Å². The smallest absolute Gasteiger partial charge is 0.454 e. The zero-order valence-electron chi connectivity index (χ0n) is 11.2. The average Bonchev–Trinajstić information content (AvgIpc) is 2.46. The number of hydrogen-bond donors (Lipinski definition) is 0. The van der Waals surface area contributed by atoms with Gasteiger partial charge in [0, 0.05) is 0 Å². The molecule has 1 unspecified atom stereocenters. The van der Waals surface area contributed by atoms with Crippen LogP contribution in [-0.2, 0) is 18.3 Å². The number of ether oxygens (including phenoxy) is 3. The van der Waals surface area contributed by atoms with Crippen LogP contribution in [0.3, 0.4) is 0 Å². The van der Waals surface area contributed by atoms with Crippen molar-refractivity contribution in [2.24, 2.45) is 0 Å². The normalized spacial score (nSPS) is 21.2. The summed E-state index contributed by atoms with van der Waals surface area (Å²) in [5.74, 6) is 0. The first kappa shape index (κ1) is 14.7. The molecule has 0 aromatic carbocycles. The van der Waals surface area contributed by atoms with Crippen LogP contribution in [0.25, 0.3) is 0 Å². The highest BCUT2D eigenvalue weighted by Gasteiger charge is 2.31. The van der Waals surface area contributed by atoms with Crippen molar-refractivity contribution in [2.75, 3.05) is 19.4 Å². The standard InChI is InChI=1S/C10H22O5Si2/c1-16(2,3)15-17(4,5)8-12-6-9-7-13-10(11)14-9/h9H,6-8H2,1-5H3. The lowest BCUT2D eigenvalue weighted by atomic mass is 10.4. The third kappa shape index (κ3) is 6.20. The monoisotopic (exact) mass is 278 g/mol. The highest BCUT2D eigenvalue weighted by molar-refractivity contribution is 6.84. The Bertz CT molecular complexity index is 274. The van der Waals surface area contributed by atoms with E-state index in [0.717, 1.165) is 0 Å². The van der Waals surface area contributed by atoms with E-state index < -0.39 is 22.8 Å². The molecule has 1 fully saturated rings. The van der Waals surface area contributed by atoms with Crippen LogP contribution in [0.5, 0.6) is 0 Å². The van der Waals surface area contributed by atoms with Crippen molar-refractivity contribution in [2.45, 2.75) is 38.8 Å². The van der Waals surface area contributed by atoms with Crippen molar-refractivity contribution >= 4 is 22.8 Å². The van der Waals surface area contributed by atoms with Gasteiger partial charge in [-0.05, 0) is 32.7 Å². The molecule has 5 nitrogen and oxygen atoms in total. The number of hydrogen-bond acceptors (Lipinski definition) is 5. The number of cyclic esters (lactones) is 2. The predicted octanol–water partition coefficient (Wildman–Crippen LogP) is 2.13. The van der Waals surface area contributed by atoms with Crippen molar-refractivity contribution in [1.82, 2.24) is 0 Å². The molecule has 100 valence electrons. The van der Waals surface area contributed by atoms with Gasteiger partial charge in [0.2, 0.25) is 0 Å². The highest BCUT2D eigenvalue weighted by Crippen LogP contribution is 2.15. The number of carbonyl (C=O) groups is 1. The van der Waals surface area contributed by atoms with Crippen LogP contribution in [-0.4, -0.2) is 48.3 Å². The maximum atomic E-state index is 10.7. The molecular weight excluding hydrogens is 256 g/mol. The molecule has 0 aromatic rings. The Morgan fingerprint density at radius 3 is 2.41 bits per heavy atom. The van der Waals surface area contributed by atoms with Crippen LogP contribution in [0.15, 0.2) is 0 Å². The zero-order valence-corrected chi connectivity index (χ0v) is 13.2. The first-order valence-corrected chi connectivity index (χ1v) is 12.3. The summed E-state index contributed by atoms with van der Waals surface area (Å²) in [5.41, 5.74) is 0. The maximum Gasteiger partial charge on any atom is 0.508 e. The second-order valence-corrected chi connectivity index (χ2v) is 14.6. The van der Waals surface area contributed by atoms with Crippen molar-refractivity contribution in [3.63, 3.8) is 0 Å². The molecule has 7 heteroatoms. The lowest BCUT2D eigenvalue weighted by Crippen LogP contribution is -2.46. The Hall–Kier alpha value is -0.376. The van der Waals surface area contributed by atoms with Crippen molar-refractivity contribution in [3.8, 4) is 0 Å². The first-order valence-electron chi connectivity index (χ1n) is 5.79. The molecule has 0 amide bonds. The fourth-order valence-corrected chi connectivity index (χ4v) is 9.22. The fourth-order valence-electron chi connectivity index (χ4n) is 1.74. The van der Waals surface area contributed by atoms with Gasteiger partial charge in [-0.25, -0.2) is 4.79 Å². The van der Waals surface area contributed by atoms with Gasteiger partial charge in [-0.1, -0.05) is 0 Å². The van der Waals surface area contributed by atoms with Crippen molar-refractivity contribution in [3.05, 3.63) is 0 Å². The largest absolute Gasteiger partial charge is 0.508 e. The molecule has 0 radical (unpaired) electrons. The molecule has 1 atom stereocenters. The van der Waals surface area contributed by atoms with E-state index in [1.807, 2.05) is 0 Å². The van der Waals surface area contributed by atoms with E-state index in [1.54, 1.807) is 0 Å². The minimum absolute atomic E-state index is 0.265. The number of carbonyl (C=O) groups excluding carboxylic acids is 1. The summed E-state index contributed by atoms with van der Waals surface area (Å²) in [6, 6.07) is 0. The van der Waals surface area contributed by atoms with Crippen LogP contribution in [0, 0.1) is 0 Å². The Kier molecular flexibility index (Phi) is 4.76. The van der Waals surface area contributed by atoms with Crippen LogP contribution in [0.4, 0.5) is 4.79 Å². The Labute approximate surface area is 105 Å². The molecule has 0 bridgehead atoms. The second-order valence-electron chi connectivity index (χ2n) is 5.79. The summed E-state index contributed by atoms with van der Waals surface area (Å²) >= 11 is 0. The summed E-state index contributed by atoms with van der Waals surface area (Å²) in [5, 5.41) is 0. The summed E-state index contributed by atoms with van der Waals surface area (Å²) in [7, 11) is -3.28. The summed E-state index contributed by atoms with van der Waals surface area (Å²) in [6.07, 6.45) is -0.252. The van der Waals surface area contributed by atoms with Gasteiger partial charge >= 0.3 is 6.16 Å². The minimum atomic E-state index is -1.77. The lowest BCUT2D eigenvalue weighted by molar-refractivity contribution is 0.0595. The summed E-state index contributed by atoms with van der Waals surface area (Å²) in [6.45, 7) is 11.5. The molecule has 0 spiro atoms. The average molecular weight is 278 g/mol. The maximum absolute atomic E-state index is 10.7. The Balaban J connectivity index is 2.23. The fraction of sp³-hybridized carbons (Fsp3) is 0.900. The second kappa shape index (κ2) is 5.51. The van der Waals surface area contributed by atoms with E-state index in [4.69, 9.17) is 13.6 Å². The van der Waals surface area contributed by atoms with E-state index in [1.165, 1.54) is 0 Å². The third-order valence-electron chi connectivity index (χ3n) is 1.99. The van der Waals surface area contributed by atoms with E-state index in [-0.39, 0.29) is 12.7 Å². The molecule has 0 aromatic heterocycles. The summed E-state index contributed by atoms with van der Waals surface area (Å²) < 4.78 is 21.3. The topological polar surface area (TPSA) is 54.0 Å². The SMILES string of the molecule is C[Si](C)(C)O[Si](C)(C)COCC1COC(=O)O1. The Morgan fingerprint density at radius 2 is 1.94 bits per heavy atom. The highest BCUT2D eigenvalue weighted by atomic mass is 28.4. The van der Waals surface area contributed by atoms with Gasteiger partial charge in [0.15, 0.2) is 22.7 Å². The molecule has 1 aliphatic heterocycles. The van der Waals surface area contributed by atoms with Gasteiger partial charge in [0.1, 0.15) is 6.61 Å². The molecule has 1 rings (SSSR count). The van der Waals surface area contributed by atoms with E-state index >= 15 is 0 Å². The van der Waals surface area contributed by atoms with Gasteiger partial charge in [0.25, 0.3) is 0 Å². The first-order chi connectivity index (χ1) is 7.68. The van der Waals surface area contributed by atoms with Crippen LogP contribution in [0.1, 0.15) is 0 Å².